The Morgan fingerprint density at radius 1 is 1.15 bits per heavy atom. The fourth-order valence-corrected chi connectivity index (χ4v) is 5.01. The highest BCUT2D eigenvalue weighted by molar-refractivity contribution is 7.93. The van der Waals surface area contributed by atoms with Crippen LogP contribution in [0.15, 0.2) is 47.4 Å². The van der Waals surface area contributed by atoms with Gasteiger partial charge in [-0.1, -0.05) is 52.7 Å². The molecule has 0 amide bonds. The van der Waals surface area contributed by atoms with Gasteiger partial charge in [0.2, 0.25) is 5.13 Å². The Bertz CT molecular complexity index is 1040. The Morgan fingerprint density at radius 2 is 1.92 bits per heavy atom. The minimum atomic E-state index is -3.89. The second-order valence-electron chi connectivity index (χ2n) is 5.17. The Kier molecular flexibility index (Phi) is 5.67. The third-order valence-corrected chi connectivity index (χ3v) is 6.43. The van der Waals surface area contributed by atoms with Crippen molar-refractivity contribution < 1.29 is 13.2 Å². The summed E-state index contributed by atoms with van der Waals surface area (Å²) in [6.07, 6.45) is 0.477. The second-order valence-corrected chi connectivity index (χ2v) is 8.73. The molecule has 3 rings (SSSR count). The van der Waals surface area contributed by atoms with E-state index in [4.69, 9.17) is 27.9 Å². The molecule has 1 N–H and O–H groups in total. The van der Waals surface area contributed by atoms with E-state index in [1.165, 1.54) is 18.2 Å². The van der Waals surface area contributed by atoms with Gasteiger partial charge in [-0.3, -0.25) is 4.72 Å². The first-order valence-electron chi connectivity index (χ1n) is 7.31. The van der Waals surface area contributed by atoms with Gasteiger partial charge in [-0.25, -0.2) is 8.42 Å². The molecule has 0 saturated heterocycles. The molecule has 1 heterocycles. The first-order chi connectivity index (χ1) is 12.4. The van der Waals surface area contributed by atoms with Crippen LogP contribution in [0.25, 0.3) is 0 Å². The van der Waals surface area contributed by atoms with Gasteiger partial charge in [-0.15, -0.1) is 10.2 Å². The average Bonchev–Trinajstić information content (AvgIpc) is 3.01. The molecule has 0 aliphatic rings. The van der Waals surface area contributed by atoms with Crippen molar-refractivity contribution in [3.63, 3.8) is 0 Å². The number of sulfonamides is 1. The van der Waals surface area contributed by atoms with E-state index in [-0.39, 0.29) is 15.0 Å². The molecule has 0 radical (unpaired) electrons. The molecule has 0 bridgehead atoms. The summed E-state index contributed by atoms with van der Waals surface area (Å²) in [5.74, 6) is 0.734. The zero-order valence-electron chi connectivity index (χ0n) is 13.4. The van der Waals surface area contributed by atoms with Crippen LogP contribution in [0.3, 0.4) is 0 Å². The predicted molar refractivity (Wildman–Crippen MR) is 103 cm³/mol. The summed E-state index contributed by atoms with van der Waals surface area (Å²) < 4.78 is 32.7. The van der Waals surface area contributed by atoms with E-state index in [0.29, 0.717) is 16.5 Å². The largest absolute Gasteiger partial charge is 0.496 e. The maximum absolute atomic E-state index is 12.5. The molecular formula is C16H13Cl2N3O3S2. The Labute approximate surface area is 164 Å². The SMILES string of the molecule is COc1ccccc1Cc1nnc(NS(=O)(=O)c2ccc(Cl)cc2Cl)s1. The zero-order chi connectivity index (χ0) is 18.7. The minimum Gasteiger partial charge on any atom is -0.496 e. The van der Waals surface area contributed by atoms with E-state index < -0.39 is 10.0 Å². The number of aromatic nitrogens is 2. The number of rotatable bonds is 6. The highest BCUT2D eigenvalue weighted by Crippen LogP contribution is 2.29. The number of hydrogen-bond acceptors (Lipinski definition) is 6. The number of para-hydroxylation sites is 1. The Hall–Kier alpha value is -1.87. The quantitative estimate of drug-likeness (QED) is 0.633. The van der Waals surface area contributed by atoms with E-state index in [2.05, 4.69) is 14.9 Å². The van der Waals surface area contributed by atoms with Crippen molar-refractivity contribution in [1.82, 2.24) is 10.2 Å². The number of ether oxygens (including phenoxy) is 1. The molecule has 3 aromatic rings. The number of halogens is 2. The highest BCUT2D eigenvalue weighted by Gasteiger charge is 2.20. The smallest absolute Gasteiger partial charge is 0.265 e. The molecule has 136 valence electrons. The van der Waals surface area contributed by atoms with E-state index in [1.807, 2.05) is 24.3 Å². The van der Waals surface area contributed by atoms with Crippen LogP contribution < -0.4 is 9.46 Å². The van der Waals surface area contributed by atoms with Crippen LogP contribution in [-0.4, -0.2) is 25.7 Å². The summed E-state index contributed by atoms with van der Waals surface area (Å²) in [6.45, 7) is 0. The first kappa shape index (κ1) is 18.9. The number of nitrogens with one attached hydrogen (secondary N) is 1. The van der Waals surface area contributed by atoms with Gasteiger partial charge in [0.1, 0.15) is 15.7 Å². The maximum atomic E-state index is 12.5. The van der Waals surface area contributed by atoms with Crippen molar-refractivity contribution in [2.45, 2.75) is 11.3 Å². The summed E-state index contributed by atoms with van der Waals surface area (Å²) in [7, 11) is -2.30. The van der Waals surface area contributed by atoms with Crippen molar-refractivity contribution in [3.8, 4) is 5.75 Å². The van der Waals surface area contributed by atoms with Crippen molar-refractivity contribution in [2.75, 3.05) is 11.8 Å². The lowest BCUT2D eigenvalue weighted by atomic mass is 10.1. The molecule has 0 spiro atoms. The van der Waals surface area contributed by atoms with Crippen LogP contribution in [0, 0.1) is 0 Å². The van der Waals surface area contributed by atoms with Gasteiger partial charge in [0.15, 0.2) is 0 Å². The molecule has 6 nitrogen and oxygen atoms in total. The van der Waals surface area contributed by atoms with Crippen LogP contribution in [0.2, 0.25) is 10.0 Å². The third-order valence-electron chi connectivity index (χ3n) is 3.41. The van der Waals surface area contributed by atoms with Crippen LogP contribution in [0.1, 0.15) is 10.6 Å². The maximum Gasteiger partial charge on any atom is 0.265 e. The van der Waals surface area contributed by atoms with Crippen LogP contribution in [-0.2, 0) is 16.4 Å². The van der Waals surface area contributed by atoms with E-state index >= 15 is 0 Å². The molecule has 10 heteroatoms. The van der Waals surface area contributed by atoms with Gasteiger partial charge in [-0.2, -0.15) is 0 Å². The number of nitrogens with zero attached hydrogens (tertiary/aromatic N) is 2. The van der Waals surface area contributed by atoms with Crippen molar-refractivity contribution in [3.05, 3.63) is 63.1 Å². The number of benzene rings is 2. The summed E-state index contributed by atoms with van der Waals surface area (Å²) in [5.41, 5.74) is 0.932. The van der Waals surface area contributed by atoms with Crippen LogP contribution >= 0.6 is 34.5 Å². The number of anilines is 1. The molecule has 0 atom stereocenters. The fraction of sp³-hybridized carbons (Fsp3) is 0.125. The van der Waals surface area contributed by atoms with Crippen molar-refractivity contribution in [1.29, 1.82) is 0 Å². The lowest BCUT2D eigenvalue weighted by Gasteiger charge is -2.07. The number of hydrogen-bond donors (Lipinski definition) is 1. The normalized spacial score (nSPS) is 11.3. The van der Waals surface area contributed by atoms with E-state index in [0.717, 1.165) is 22.6 Å². The van der Waals surface area contributed by atoms with Gasteiger partial charge in [-0.05, 0) is 24.3 Å². The standard InChI is InChI=1S/C16H13Cl2N3O3S2/c1-24-13-5-3-2-4-10(13)8-15-19-20-16(25-15)21-26(22,23)14-7-6-11(17)9-12(14)18/h2-7,9H,8H2,1H3,(H,20,21). The highest BCUT2D eigenvalue weighted by atomic mass is 35.5. The monoisotopic (exact) mass is 429 g/mol. The van der Waals surface area contributed by atoms with Gasteiger partial charge in [0, 0.05) is 17.0 Å². The van der Waals surface area contributed by atoms with Gasteiger partial charge < -0.3 is 4.74 Å². The lowest BCUT2D eigenvalue weighted by Crippen LogP contribution is -2.13. The molecule has 0 aliphatic carbocycles. The minimum absolute atomic E-state index is 0.0313. The second kappa shape index (κ2) is 7.79. The Balaban J connectivity index is 1.79. The van der Waals surface area contributed by atoms with Gasteiger partial charge in [0.05, 0.1) is 12.1 Å². The van der Waals surface area contributed by atoms with Gasteiger partial charge in [0.25, 0.3) is 10.0 Å². The van der Waals surface area contributed by atoms with E-state index in [1.54, 1.807) is 7.11 Å². The molecule has 26 heavy (non-hydrogen) atoms. The lowest BCUT2D eigenvalue weighted by molar-refractivity contribution is 0.410. The molecule has 2 aromatic carbocycles. The molecule has 0 fully saturated rings. The molecule has 0 unspecified atom stereocenters. The number of methoxy groups -OCH3 is 1. The summed E-state index contributed by atoms with van der Waals surface area (Å²) in [5, 5.41) is 9.11. The van der Waals surface area contributed by atoms with Crippen LogP contribution in [0.5, 0.6) is 5.75 Å². The topological polar surface area (TPSA) is 81.2 Å². The van der Waals surface area contributed by atoms with Crippen LogP contribution in [0.4, 0.5) is 5.13 Å². The average molecular weight is 430 g/mol. The summed E-state index contributed by atoms with van der Waals surface area (Å²) >= 11 is 12.9. The van der Waals surface area contributed by atoms with Crippen molar-refractivity contribution in [2.24, 2.45) is 0 Å². The zero-order valence-corrected chi connectivity index (χ0v) is 16.6. The molecule has 1 aromatic heterocycles. The van der Waals surface area contributed by atoms with Gasteiger partial charge >= 0.3 is 0 Å². The summed E-state index contributed by atoms with van der Waals surface area (Å²) in [4.78, 5) is -0.0787. The first-order valence-corrected chi connectivity index (χ1v) is 10.4. The van der Waals surface area contributed by atoms with E-state index in [9.17, 15) is 8.42 Å². The Morgan fingerprint density at radius 3 is 2.65 bits per heavy atom. The molecule has 0 aliphatic heterocycles. The fourth-order valence-electron chi connectivity index (χ4n) is 2.24. The summed E-state index contributed by atoms with van der Waals surface area (Å²) in [6, 6.07) is 11.7. The van der Waals surface area contributed by atoms with Crippen molar-refractivity contribution >= 4 is 49.7 Å². The molecule has 0 saturated carbocycles. The molecular weight excluding hydrogens is 417 g/mol. The predicted octanol–water partition coefficient (Wildman–Crippen LogP) is 4.25. The third kappa shape index (κ3) is 4.27.